The molecule has 3 aliphatic rings. The number of anilines is 3. The number of nitrogens with zero attached hydrogens (tertiary/aromatic N) is 5. The molecule has 0 fully saturated rings. The summed E-state index contributed by atoms with van der Waals surface area (Å²) in [6, 6.07) is 35.8. The van der Waals surface area contributed by atoms with E-state index < -0.39 is 100 Å². The van der Waals surface area contributed by atoms with E-state index in [0.29, 0.717) is 92.3 Å². The van der Waals surface area contributed by atoms with Crippen LogP contribution >= 0.6 is 0 Å². The first-order valence-corrected chi connectivity index (χ1v) is 43.4. The summed E-state index contributed by atoms with van der Waals surface area (Å²) < 4.78 is 150. The van der Waals surface area contributed by atoms with Gasteiger partial charge in [0.15, 0.2) is 0 Å². The maximum atomic E-state index is 13.8. The van der Waals surface area contributed by atoms with E-state index in [1.54, 1.807) is 85.0 Å². The van der Waals surface area contributed by atoms with Gasteiger partial charge >= 0.3 is 36.7 Å². The number of rotatable bonds is 26. The summed E-state index contributed by atoms with van der Waals surface area (Å²) in [5.41, 5.74) is 8.52. The summed E-state index contributed by atoms with van der Waals surface area (Å²) >= 11 is 0. The second-order valence-electron chi connectivity index (χ2n) is 34.4. The molecule has 736 valence electrons. The number of hydrogen-bond acceptors (Lipinski definition) is 21. The topological polar surface area (TPSA) is 434 Å². The van der Waals surface area contributed by atoms with Crippen LogP contribution in [0.4, 0.5) is 66.2 Å². The molecule has 0 saturated carbocycles. The Bertz CT molecular complexity index is 5930. The number of nitrogens with one attached hydrogen (secondary N) is 9. The Kier molecular flexibility index (Phi) is 36.9. The van der Waals surface area contributed by atoms with Gasteiger partial charge in [-0.1, -0.05) is 18.2 Å². The fourth-order valence-electron chi connectivity index (χ4n) is 14.4. The highest BCUT2D eigenvalue weighted by atomic mass is 19.4. The lowest BCUT2D eigenvalue weighted by Gasteiger charge is -2.25. The van der Waals surface area contributed by atoms with Crippen molar-refractivity contribution in [1.82, 2.24) is 56.7 Å². The number of halogens is 9. The Hall–Kier alpha value is -14.8. The number of carboxylic acid groups (broad SMARTS) is 1. The molecule has 6 aromatic carbocycles. The maximum absolute atomic E-state index is 13.8. The normalized spacial score (nSPS) is 14.2. The zero-order valence-corrected chi connectivity index (χ0v) is 77.6. The number of aromatic nitrogens is 3. The lowest BCUT2D eigenvalue weighted by Crippen LogP contribution is -2.40. The van der Waals surface area contributed by atoms with Crippen molar-refractivity contribution < 1.29 is 121 Å². The molecule has 12 N–H and O–H groups in total. The van der Waals surface area contributed by atoms with E-state index in [1.165, 1.54) is 90.2 Å². The largest absolute Gasteiger partial charge is 0.480 e. The Morgan fingerprint density at radius 1 is 0.399 bits per heavy atom. The van der Waals surface area contributed by atoms with Crippen LogP contribution in [0.5, 0.6) is 34.5 Å². The highest BCUT2D eigenvalue weighted by molar-refractivity contribution is 5.96. The molecule has 0 aliphatic heterocycles. The molecule has 3 unspecified atom stereocenters. The van der Waals surface area contributed by atoms with E-state index in [4.69, 9.17) is 34.5 Å². The van der Waals surface area contributed by atoms with Gasteiger partial charge in [0.05, 0.1) is 23.2 Å². The van der Waals surface area contributed by atoms with Gasteiger partial charge in [0, 0.05) is 126 Å². The monoisotopic (exact) mass is 1930 g/mol. The predicted octanol–water partition coefficient (Wildman–Crippen LogP) is 14.7. The number of aryl methyl sites for hydroxylation is 3. The van der Waals surface area contributed by atoms with Crippen molar-refractivity contribution in [1.29, 1.82) is 0 Å². The molecule has 12 rings (SSSR count). The van der Waals surface area contributed by atoms with Gasteiger partial charge in [-0.05, 0) is 266 Å². The first-order chi connectivity index (χ1) is 64.9. The summed E-state index contributed by atoms with van der Waals surface area (Å²) in [6.45, 7) is 9.05. The number of likely N-dealkylation sites (N-methyl/N-ethyl adjacent to an activating group) is 3. The van der Waals surface area contributed by atoms with Crippen LogP contribution in [0.1, 0.15) is 159 Å². The van der Waals surface area contributed by atoms with Gasteiger partial charge < -0.3 is 92.2 Å². The zero-order chi connectivity index (χ0) is 101. The number of benzene rings is 6. The number of carbonyl (C=O) groups excluding carboxylic acids is 10. The average Bonchev–Trinajstić information content (AvgIpc) is 0.806. The van der Waals surface area contributed by atoms with E-state index in [0.717, 1.165) is 79.6 Å². The number of fused-ring (bicyclic) bond motifs is 3. The molecular weight excluding hydrogens is 1820 g/mol. The molecule has 9 aromatic rings. The number of pyridine rings is 3. The number of nitrogens with two attached hydrogens (primary N) is 1. The van der Waals surface area contributed by atoms with E-state index in [2.05, 4.69) is 62.8 Å². The summed E-state index contributed by atoms with van der Waals surface area (Å²) in [4.78, 5) is 147. The van der Waals surface area contributed by atoms with Crippen molar-refractivity contribution in [3.05, 3.63) is 248 Å². The van der Waals surface area contributed by atoms with Crippen LogP contribution in [-0.2, 0) is 115 Å². The quantitative estimate of drug-likeness (QED) is 0.0224. The molecule has 0 bridgehead atoms. The lowest BCUT2D eigenvalue weighted by molar-refractivity contribution is -0.138. The molecule has 0 saturated heterocycles. The summed E-state index contributed by atoms with van der Waals surface area (Å²) in [5, 5.41) is 31.5. The average molecular weight is 1930 g/mol. The van der Waals surface area contributed by atoms with Crippen LogP contribution in [0, 0.1) is 17.8 Å². The first-order valence-electron chi connectivity index (χ1n) is 43.4. The van der Waals surface area contributed by atoms with Crippen molar-refractivity contribution in [3.8, 4) is 34.5 Å². The first kappa shape index (κ1) is 107. The smallest absolute Gasteiger partial charge is 0.416 e. The van der Waals surface area contributed by atoms with Crippen LogP contribution in [0.15, 0.2) is 164 Å². The van der Waals surface area contributed by atoms with Gasteiger partial charge in [0.2, 0.25) is 29.5 Å². The minimum atomic E-state index is -4.70. The summed E-state index contributed by atoms with van der Waals surface area (Å²) in [6.07, 6.45) is -6.23. The van der Waals surface area contributed by atoms with Crippen LogP contribution in [0.25, 0.3) is 0 Å². The molecule has 0 radical (unpaired) electrons. The third kappa shape index (κ3) is 33.1. The molecule has 41 heteroatoms. The third-order valence-corrected chi connectivity index (χ3v) is 21.1. The molecular formula is C97H108F9N15O17. The molecule has 3 aromatic heterocycles. The van der Waals surface area contributed by atoms with Crippen LogP contribution in [-0.4, -0.2) is 168 Å². The van der Waals surface area contributed by atoms with Gasteiger partial charge in [-0.15, -0.1) is 0 Å². The van der Waals surface area contributed by atoms with Gasteiger partial charge in [-0.2, -0.15) is 39.5 Å². The number of alkyl halides is 9. The van der Waals surface area contributed by atoms with Gasteiger partial charge in [0.1, 0.15) is 75.9 Å². The number of carboxylic acids is 1. The number of hydrogen-bond donors (Lipinski definition) is 11. The maximum Gasteiger partial charge on any atom is 0.416 e. The van der Waals surface area contributed by atoms with Crippen molar-refractivity contribution in [2.45, 2.75) is 149 Å². The molecule has 32 nitrogen and oxygen atoms in total. The number of carbonyl (C=O) groups is 11. The molecule has 0 spiro atoms. The van der Waals surface area contributed by atoms with Crippen molar-refractivity contribution in [2.24, 2.45) is 23.5 Å². The molecule has 3 aliphatic carbocycles. The molecule has 10 amide bonds. The van der Waals surface area contributed by atoms with Gasteiger partial charge in [-0.3, -0.25) is 58.1 Å². The van der Waals surface area contributed by atoms with E-state index in [-0.39, 0.29) is 120 Å². The molecule has 3 heterocycles. The minimum Gasteiger partial charge on any atom is -0.480 e. The fourth-order valence-corrected chi connectivity index (χ4v) is 14.4. The molecule has 3 atom stereocenters. The summed E-state index contributed by atoms with van der Waals surface area (Å²) in [7, 11) is 8.84. The Labute approximate surface area is 789 Å². The minimum absolute atomic E-state index is 0.00942. The highest BCUT2D eigenvalue weighted by Crippen LogP contribution is 2.40. The third-order valence-electron chi connectivity index (χ3n) is 21.1. The molecule has 138 heavy (non-hydrogen) atoms. The second-order valence-corrected chi connectivity index (χ2v) is 34.4. The van der Waals surface area contributed by atoms with Gasteiger partial charge in [0.25, 0.3) is 17.7 Å². The van der Waals surface area contributed by atoms with Crippen molar-refractivity contribution in [3.63, 3.8) is 0 Å². The van der Waals surface area contributed by atoms with Gasteiger partial charge in [-0.25, -0.2) is 9.59 Å². The number of aliphatic carboxylic acids is 1. The van der Waals surface area contributed by atoms with E-state index >= 15 is 0 Å². The van der Waals surface area contributed by atoms with Crippen LogP contribution in [0.2, 0.25) is 0 Å². The van der Waals surface area contributed by atoms with Crippen molar-refractivity contribution in [2.75, 3.05) is 77.9 Å². The van der Waals surface area contributed by atoms with E-state index in [1.807, 2.05) is 36.4 Å². The highest BCUT2D eigenvalue weighted by Gasteiger charge is 2.37. The predicted molar refractivity (Wildman–Crippen MR) is 490 cm³/mol. The Morgan fingerprint density at radius 2 is 0.703 bits per heavy atom. The van der Waals surface area contributed by atoms with Crippen LogP contribution in [0.3, 0.4) is 0 Å². The summed E-state index contributed by atoms with van der Waals surface area (Å²) in [5.74, 6) is -2.84. The lowest BCUT2D eigenvalue weighted by atomic mass is 9.83. The second kappa shape index (κ2) is 47.6. The Morgan fingerprint density at radius 3 is 1.00 bits per heavy atom. The Balaban J connectivity index is 0.000000219. The van der Waals surface area contributed by atoms with E-state index in [9.17, 15) is 92.3 Å². The van der Waals surface area contributed by atoms with Crippen LogP contribution < -0.4 is 67.8 Å². The standard InChI is InChI=1S/C34H38F3N5O6.C29H30F3N5O4.C26H25F3N4O3.C8H15NO4/c1-33(2,3)48-32(46)42(5)19-29(43)40-18-20-12-24(34(35,36)37)16-25(13-20)41-30(44)22-7-6-21-8-9-26(15-23(21)14-22)47-27-10-11-39-28(17-27)31(45)38-4;1-33-16-26(38)36-15-17-9-21(29(30,31)32)13-22(10-17)37-27(39)19-4-3-18-5-6-23(12-20(18)11-19)41-24-7-8-35-25(14-24)28(40)34-2;1-31-25(35)23-13-22(6-7-32-23)36-21-5-4-16-2-3-17(10-18(16)11-21)24(34)33-20-9-15(14-30)8-19(12-20)26(27,28)29;1-8(2,3)13-7(12)9(4)5-6(10)11/h8-13,15-17,22H,6-7,14,18-19H2,1-5H3,(H,38,45)(H,40,43)(H,41,44);5-10,12-14,19,33H,3-4,11,15-16H2,1-2H3,(H,34,40)(H,36,38)(H,37,39);4-9,11-13,17H,2-3,10,14,30H2,1H3,(H,31,35)(H,33,34);5H2,1-4H3,(H,10,11). The zero-order valence-electron chi connectivity index (χ0n) is 77.6. The SMILES string of the molecule is CN(CC(=O)O)C(=O)OC(C)(C)C.CNC(=O)c1cc(Oc2ccc3c(c2)CC(C(=O)Nc2cc(CN)cc(C(F)(F)F)c2)CC3)ccn1.CNC(=O)c1cc(Oc2ccc3c(c2)CC(C(=O)Nc2cc(CNC(=O)CN(C)C(=O)OC(C)(C)C)cc(C(F)(F)F)c2)CC3)ccn1.CNCC(=O)NCc1cc(NC(=O)C2CCc3ccc(Oc4ccnc(C(=O)NC)c4)cc3C2)cc(C(F)(F)F)c1. The number of ether oxygens (including phenoxy) is 5. The number of amides is 10. The van der Waals surface area contributed by atoms with Crippen molar-refractivity contribution >= 4 is 82.5 Å². The fraction of sp³-hybridized carbons (Fsp3) is 0.361.